The maximum atomic E-state index is 0. The standard InChI is InChI=1S/Ag.O.Ti.Zn/q+1;-2;+4;+2. The van der Waals surface area contributed by atoms with Gasteiger partial charge >= 0.3 is 63.6 Å². The Labute approximate surface area is 68.4 Å². The van der Waals surface area contributed by atoms with Crippen LogP contribution in [0.4, 0.5) is 0 Å². The molecule has 0 unspecified atom stereocenters. The van der Waals surface area contributed by atoms with Crippen molar-refractivity contribution in [1.29, 1.82) is 0 Å². The molecular weight excluding hydrogens is 237 g/mol. The van der Waals surface area contributed by atoms with Gasteiger partial charge in [-0.1, -0.05) is 0 Å². The average molecular weight is 237 g/mol. The van der Waals surface area contributed by atoms with E-state index in [0.29, 0.717) is 0 Å². The molecule has 0 fully saturated rings. The van der Waals surface area contributed by atoms with Gasteiger partial charge in [0, 0.05) is 0 Å². The SMILES string of the molecule is [Ag+].[O-2].[Ti+4].[Zn+2]. The molecule has 0 saturated heterocycles. The predicted molar refractivity (Wildman–Crippen MR) is 0.686 cm³/mol. The molecule has 0 aliphatic heterocycles. The van der Waals surface area contributed by atoms with Crippen LogP contribution < -0.4 is 0 Å². The first-order valence-electron chi connectivity index (χ1n) is 0. The van der Waals surface area contributed by atoms with Gasteiger partial charge in [-0.2, -0.15) is 0 Å². The molecule has 0 atom stereocenters. The van der Waals surface area contributed by atoms with E-state index in [0.717, 1.165) is 0 Å². The summed E-state index contributed by atoms with van der Waals surface area (Å²) in [6.07, 6.45) is 0. The van der Waals surface area contributed by atoms with E-state index in [1.54, 1.807) is 0 Å². The Kier molecular flexibility index (Phi) is 182. The molecule has 1 nitrogen and oxygen atoms in total. The fourth-order valence-corrected chi connectivity index (χ4v) is 0. The van der Waals surface area contributed by atoms with Gasteiger partial charge in [0.1, 0.15) is 0 Å². The summed E-state index contributed by atoms with van der Waals surface area (Å²) in [5.41, 5.74) is 0. The van der Waals surface area contributed by atoms with Crippen molar-refractivity contribution >= 4 is 0 Å². The minimum atomic E-state index is 0. The van der Waals surface area contributed by atoms with E-state index >= 15 is 0 Å². The second kappa shape index (κ2) is 19.8. The first kappa shape index (κ1) is 36.9. The summed E-state index contributed by atoms with van der Waals surface area (Å²) < 4.78 is 0. The van der Waals surface area contributed by atoms with Crippen LogP contribution in [0.5, 0.6) is 0 Å². The maximum absolute atomic E-state index is 0. The summed E-state index contributed by atoms with van der Waals surface area (Å²) in [6, 6.07) is 0. The summed E-state index contributed by atoms with van der Waals surface area (Å²) in [5, 5.41) is 0. The number of hydrogen-bond acceptors (Lipinski definition) is 0. The molecule has 0 rings (SSSR count). The normalized spacial score (nSPS) is 0. The van der Waals surface area contributed by atoms with Crippen LogP contribution in [0.1, 0.15) is 0 Å². The smallest absolute Gasteiger partial charge is 2.00 e. The van der Waals surface area contributed by atoms with Gasteiger partial charge < -0.3 is 5.48 Å². The Bertz CT molecular complexity index is 8.00. The van der Waals surface area contributed by atoms with E-state index < -0.39 is 0 Å². The van der Waals surface area contributed by atoms with Crippen LogP contribution in [0, 0.1) is 0 Å². The molecule has 0 spiro atoms. The zero-order chi connectivity index (χ0) is 0. The molecule has 0 N–H and O–H groups in total. The van der Waals surface area contributed by atoms with E-state index in [1.165, 1.54) is 0 Å². The Hall–Kier alpha value is 2.04. The minimum absolute atomic E-state index is 0. The van der Waals surface area contributed by atoms with E-state index in [-0.39, 0.29) is 69.1 Å². The first-order chi connectivity index (χ1) is 0. The van der Waals surface area contributed by atoms with Crippen LogP contribution in [0.3, 0.4) is 0 Å². The molecule has 18 valence electrons. The van der Waals surface area contributed by atoms with E-state index in [9.17, 15) is 0 Å². The monoisotopic (exact) mass is 235 g/mol. The van der Waals surface area contributed by atoms with Crippen LogP contribution in [-0.2, 0) is 69.1 Å². The third-order valence-electron chi connectivity index (χ3n) is 0. The van der Waals surface area contributed by atoms with Gasteiger partial charge in [-0.05, 0) is 0 Å². The molecule has 0 heterocycles. The van der Waals surface area contributed by atoms with Crippen molar-refractivity contribution in [1.82, 2.24) is 0 Å². The third-order valence-corrected chi connectivity index (χ3v) is 0. The molecule has 4 heteroatoms. The Balaban J connectivity index is 0. The van der Waals surface area contributed by atoms with Crippen molar-refractivity contribution < 1.29 is 69.1 Å². The molecule has 0 aromatic rings. The molecule has 0 aliphatic carbocycles. The van der Waals surface area contributed by atoms with Crippen molar-refractivity contribution in [3.8, 4) is 0 Å². The van der Waals surface area contributed by atoms with E-state index in [2.05, 4.69) is 0 Å². The number of rotatable bonds is 0. The van der Waals surface area contributed by atoms with Gasteiger partial charge in [-0.25, -0.2) is 0 Å². The molecule has 0 bridgehead atoms. The summed E-state index contributed by atoms with van der Waals surface area (Å²) in [6.45, 7) is 0. The van der Waals surface area contributed by atoms with Gasteiger partial charge in [0.05, 0.1) is 0 Å². The topological polar surface area (TPSA) is 28.5 Å². The van der Waals surface area contributed by atoms with Crippen LogP contribution in [0.2, 0.25) is 0 Å². The minimum Gasteiger partial charge on any atom is -2.00 e. The van der Waals surface area contributed by atoms with Crippen molar-refractivity contribution in [2.45, 2.75) is 0 Å². The van der Waals surface area contributed by atoms with Crippen LogP contribution in [0.25, 0.3) is 0 Å². The number of hydrogen-bond donors (Lipinski definition) is 0. The first-order valence-corrected chi connectivity index (χ1v) is 0. The van der Waals surface area contributed by atoms with Crippen molar-refractivity contribution in [3.63, 3.8) is 0 Å². The van der Waals surface area contributed by atoms with Crippen molar-refractivity contribution in [2.24, 2.45) is 0 Å². The second-order valence-corrected chi connectivity index (χ2v) is 0. The Morgan fingerprint density at radius 2 is 1.00 bits per heavy atom. The Morgan fingerprint density at radius 1 is 1.00 bits per heavy atom. The zero-order valence-electron chi connectivity index (χ0n) is 1.92. The quantitative estimate of drug-likeness (QED) is 0.525. The molecular formula is AgOTiZn+5. The van der Waals surface area contributed by atoms with Gasteiger partial charge in [0.25, 0.3) is 0 Å². The molecule has 0 saturated carbocycles. The molecule has 4 heavy (non-hydrogen) atoms. The average Bonchev–Trinajstić information content (AvgIpc) is 0. The van der Waals surface area contributed by atoms with Crippen molar-refractivity contribution in [2.75, 3.05) is 0 Å². The molecule has 0 aromatic heterocycles. The fourth-order valence-electron chi connectivity index (χ4n) is 0. The Morgan fingerprint density at radius 3 is 1.00 bits per heavy atom. The molecule has 0 aliphatic rings. The van der Waals surface area contributed by atoms with E-state index in [1.807, 2.05) is 0 Å². The summed E-state index contributed by atoms with van der Waals surface area (Å²) in [4.78, 5) is 0. The summed E-state index contributed by atoms with van der Waals surface area (Å²) >= 11 is 0. The maximum Gasteiger partial charge on any atom is 4.00 e. The van der Waals surface area contributed by atoms with Crippen molar-refractivity contribution in [3.05, 3.63) is 0 Å². The second-order valence-electron chi connectivity index (χ2n) is 0. The van der Waals surface area contributed by atoms with Gasteiger partial charge in [0.2, 0.25) is 0 Å². The summed E-state index contributed by atoms with van der Waals surface area (Å²) in [5.74, 6) is 0. The predicted octanol–water partition coefficient (Wildman–Crippen LogP) is -0.126. The molecule has 0 radical (unpaired) electrons. The van der Waals surface area contributed by atoms with Gasteiger partial charge in [-0.15, -0.1) is 0 Å². The fraction of sp³-hybridized carbons (Fsp3) is 0. The van der Waals surface area contributed by atoms with E-state index in [4.69, 9.17) is 0 Å². The van der Waals surface area contributed by atoms with Crippen LogP contribution in [0.15, 0.2) is 0 Å². The van der Waals surface area contributed by atoms with Crippen LogP contribution >= 0.6 is 0 Å². The molecule has 0 amide bonds. The largest absolute Gasteiger partial charge is 4.00 e. The third kappa shape index (κ3) is 8.97. The van der Waals surface area contributed by atoms with Gasteiger partial charge in [-0.3, -0.25) is 0 Å². The molecule has 0 aromatic carbocycles. The van der Waals surface area contributed by atoms with Gasteiger partial charge in [0.15, 0.2) is 0 Å². The van der Waals surface area contributed by atoms with Crippen LogP contribution in [-0.4, -0.2) is 0 Å². The zero-order valence-corrected chi connectivity index (χ0v) is 7.93. The summed E-state index contributed by atoms with van der Waals surface area (Å²) in [7, 11) is 0.